The lowest BCUT2D eigenvalue weighted by molar-refractivity contribution is -0.116. The van der Waals surface area contributed by atoms with Crippen molar-refractivity contribution in [1.82, 2.24) is 19.3 Å². The number of carbonyl (C=O) groups excluding carboxylic acids is 1. The lowest BCUT2D eigenvalue weighted by Gasteiger charge is -2.14. The molecular weight excluding hydrogens is 434 g/mol. The maximum atomic E-state index is 13.2. The van der Waals surface area contributed by atoms with E-state index in [1.165, 1.54) is 11.8 Å². The first-order chi connectivity index (χ1) is 15.0. The van der Waals surface area contributed by atoms with Crippen molar-refractivity contribution in [1.29, 1.82) is 0 Å². The number of hydrogen-bond acceptors (Lipinski definition) is 5. The van der Waals surface area contributed by atoms with Crippen LogP contribution in [0.2, 0.25) is 5.02 Å². The van der Waals surface area contributed by atoms with Gasteiger partial charge < -0.3 is 5.32 Å². The summed E-state index contributed by atoms with van der Waals surface area (Å²) in [5.41, 5.74) is 2.85. The fraction of sp³-hybridized carbons (Fsp3) is 0.182. The third-order valence-electron chi connectivity index (χ3n) is 5.19. The summed E-state index contributed by atoms with van der Waals surface area (Å²) in [6.45, 7) is 2.00. The van der Waals surface area contributed by atoms with Crippen LogP contribution in [0.25, 0.3) is 16.7 Å². The fourth-order valence-corrected chi connectivity index (χ4v) is 5.02. The number of aromatic nitrogens is 4. The van der Waals surface area contributed by atoms with E-state index in [1.807, 2.05) is 31.2 Å². The largest absolute Gasteiger partial charge is 0.325 e. The SMILES string of the molecule is Cc1cccc(-n2ncc3c(=O)n4c(nc32)SCC4CC(=O)Nc2ccccc2Cl)c1. The van der Waals surface area contributed by atoms with Crippen molar-refractivity contribution in [3.63, 3.8) is 0 Å². The highest BCUT2D eigenvalue weighted by Gasteiger charge is 2.29. The van der Waals surface area contributed by atoms with Crippen LogP contribution in [-0.4, -0.2) is 31.0 Å². The van der Waals surface area contributed by atoms with Crippen molar-refractivity contribution in [3.05, 3.63) is 75.7 Å². The molecule has 9 heteroatoms. The number of halogens is 1. The molecule has 4 aromatic rings. The van der Waals surface area contributed by atoms with Crippen LogP contribution in [0.4, 0.5) is 5.69 Å². The summed E-state index contributed by atoms with van der Waals surface area (Å²) in [4.78, 5) is 30.5. The molecular formula is C22H18ClN5O2S. The molecule has 0 radical (unpaired) electrons. The van der Waals surface area contributed by atoms with E-state index in [4.69, 9.17) is 16.6 Å². The number of nitrogens with one attached hydrogen (secondary N) is 1. The van der Waals surface area contributed by atoms with Crippen LogP contribution in [0.15, 0.2) is 64.7 Å². The molecule has 1 atom stereocenters. The van der Waals surface area contributed by atoms with Crippen LogP contribution >= 0.6 is 23.4 Å². The van der Waals surface area contributed by atoms with Crippen LogP contribution in [0.3, 0.4) is 0 Å². The molecule has 0 bridgehead atoms. The van der Waals surface area contributed by atoms with Crippen LogP contribution in [0.5, 0.6) is 0 Å². The molecule has 7 nitrogen and oxygen atoms in total. The lowest BCUT2D eigenvalue weighted by atomic mass is 10.2. The van der Waals surface area contributed by atoms with Crippen LogP contribution < -0.4 is 10.9 Å². The molecule has 0 saturated heterocycles. The number of amides is 1. The first-order valence-electron chi connectivity index (χ1n) is 9.76. The van der Waals surface area contributed by atoms with Gasteiger partial charge in [0, 0.05) is 12.2 Å². The van der Waals surface area contributed by atoms with E-state index in [-0.39, 0.29) is 23.9 Å². The molecule has 0 fully saturated rings. The summed E-state index contributed by atoms with van der Waals surface area (Å²) < 4.78 is 3.30. The number of thioether (sulfide) groups is 1. The maximum Gasteiger partial charge on any atom is 0.265 e. The Labute approximate surface area is 187 Å². The van der Waals surface area contributed by atoms with Crippen LogP contribution in [0.1, 0.15) is 18.0 Å². The Balaban J connectivity index is 1.46. The zero-order valence-electron chi connectivity index (χ0n) is 16.6. The van der Waals surface area contributed by atoms with Crippen molar-refractivity contribution in [2.75, 3.05) is 11.1 Å². The summed E-state index contributed by atoms with van der Waals surface area (Å²) in [6.07, 6.45) is 1.70. The van der Waals surface area contributed by atoms with Gasteiger partial charge in [0.15, 0.2) is 10.8 Å². The Morgan fingerprint density at radius 2 is 2.10 bits per heavy atom. The summed E-state index contributed by atoms with van der Waals surface area (Å²) in [7, 11) is 0. The van der Waals surface area contributed by atoms with Gasteiger partial charge in [0.25, 0.3) is 5.56 Å². The molecule has 1 N–H and O–H groups in total. The van der Waals surface area contributed by atoms with E-state index in [1.54, 1.807) is 39.7 Å². The standard InChI is InChI=1S/C22H18ClN5O2S/c1-13-5-4-6-14(9-13)28-20-16(11-24-28)21(30)27-15(12-31-22(27)26-20)10-19(29)25-18-8-3-2-7-17(18)23/h2-9,11,15H,10,12H2,1H3,(H,25,29). The van der Waals surface area contributed by atoms with Gasteiger partial charge in [-0.15, -0.1) is 0 Å². The highest BCUT2D eigenvalue weighted by molar-refractivity contribution is 7.99. The minimum absolute atomic E-state index is 0.157. The molecule has 2 aromatic carbocycles. The number of fused-ring (bicyclic) bond motifs is 2. The van der Waals surface area contributed by atoms with E-state index >= 15 is 0 Å². The highest BCUT2D eigenvalue weighted by Crippen LogP contribution is 2.34. The van der Waals surface area contributed by atoms with Gasteiger partial charge >= 0.3 is 0 Å². The second-order valence-electron chi connectivity index (χ2n) is 7.40. The average molecular weight is 452 g/mol. The number of aryl methyl sites for hydroxylation is 1. The predicted molar refractivity (Wildman–Crippen MR) is 122 cm³/mol. The summed E-state index contributed by atoms with van der Waals surface area (Å²) in [6, 6.07) is 14.7. The number of benzene rings is 2. The molecule has 0 saturated carbocycles. The third-order valence-corrected chi connectivity index (χ3v) is 6.61. The van der Waals surface area contributed by atoms with Crippen LogP contribution in [-0.2, 0) is 4.79 Å². The molecule has 1 unspecified atom stereocenters. The number of carbonyl (C=O) groups is 1. The summed E-state index contributed by atoms with van der Waals surface area (Å²) >= 11 is 7.60. The van der Waals surface area contributed by atoms with Crippen molar-refractivity contribution in [2.24, 2.45) is 0 Å². The Morgan fingerprint density at radius 1 is 1.26 bits per heavy atom. The number of para-hydroxylation sites is 1. The zero-order valence-corrected chi connectivity index (χ0v) is 18.2. The van der Waals surface area contributed by atoms with E-state index < -0.39 is 0 Å². The predicted octanol–water partition coefficient (Wildman–Crippen LogP) is 4.22. The molecule has 1 amide bonds. The van der Waals surface area contributed by atoms with Crippen molar-refractivity contribution in [2.45, 2.75) is 24.5 Å². The van der Waals surface area contributed by atoms with Gasteiger partial charge in [0.1, 0.15) is 5.39 Å². The van der Waals surface area contributed by atoms with Gasteiger partial charge in [-0.05, 0) is 36.8 Å². The first-order valence-corrected chi connectivity index (χ1v) is 11.1. The zero-order chi connectivity index (χ0) is 21.5. The fourth-order valence-electron chi connectivity index (χ4n) is 3.71. The molecule has 0 aliphatic carbocycles. The Morgan fingerprint density at radius 3 is 2.90 bits per heavy atom. The molecule has 156 valence electrons. The minimum Gasteiger partial charge on any atom is -0.325 e. The third kappa shape index (κ3) is 3.62. The topological polar surface area (TPSA) is 81.8 Å². The minimum atomic E-state index is -0.283. The molecule has 3 heterocycles. The van der Waals surface area contributed by atoms with Gasteiger partial charge in [-0.2, -0.15) is 5.10 Å². The maximum absolute atomic E-state index is 13.2. The summed E-state index contributed by atoms with van der Waals surface area (Å²) in [5, 5.41) is 8.73. The number of anilines is 1. The molecule has 2 aromatic heterocycles. The molecule has 1 aliphatic heterocycles. The number of hydrogen-bond donors (Lipinski definition) is 1. The monoisotopic (exact) mass is 451 g/mol. The lowest BCUT2D eigenvalue weighted by Crippen LogP contribution is -2.27. The number of rotatable bonds is 4. The highest BCUT2D eigenvalue weighted by atomic mass is 35.5. The first kappa shape index (κ1) is 19.8. The molecule has 0 spiro atoms. The van der Waals surface area contributed by atoms with Gasteiger partial charge in [-0.25, -0.2) is 9.67 Å². The quantitative estimate of drug-likeness (QED) is 0.470. The normalized spacial score (nSPS) is 15.2. The smallest absolute Gasteiger partial charge is 0.265 e. The second-order valence-corrected chi connectivity index (χ2v) is 8.79. The van der Waals surface area contributed by atoms with E-state index in [0.717, 1.165) is 11.3 Å². The van der Waals surface area contributed by atoms with Crippen molar-refractivity contribution in [3.8, 4) is 5.69 Å². The van der Waals surface area contributed by atoms with Crippen molar-refractivity contribution >= 4 is 46.0 Å². The molecule has 1 aliphatic rings. The Hall–Kier alpha value is -3.10. The average Bonchev–Trinajstić information content (AvgIpc) is 3.35. The molecule has 5 rings (SSSR count). The van der Waals surface area contributed by atoms with Gasteiger partial charge in [0.05, 0.1) is 28.6 Å². The Kier molecular flexibility index (Phi) is 5.03. The van der Waals surface area contributed by atoms with E-state index in [0.29, 0.717) is 32.7 Å². The van der Waals surface area contributed by atoms with Crippen LogP contribution in [0, 0.1) is 6.92 Å². The van der Waals surface area contributed by atoms with E-state index in [9.17, 15) is 9.59 Å². The van der Waals surface area contributed by atoms with Gasteiger partial charge in [0.2, 0.25) is 5.91 Å². The molecule has 31 heavy (non-hydrogen) atoms. The second kappa shape index (κ2) is 7.86. The van der Waals surface area contributed by atoms with E-state index in [2.05, 4.69) is 10.4 Å². The number of nitrogens with zero attached hydrogens (tertiary/aromatic N) is 4. The van der Waals surface area contributed by atoms with Gasteiger partial charge in [-0.3, -0.25) is 14.2 Å². The Bertz CT molecular complexity index is 1380. The van der Waals surface area contributed by atoms with Gasteiger partial charge in [-0.1, -0.05) is 47.6 Å². The van der Waals surface area contributed by atoms with Crippen molar-refractivity contribution < 1.29 is 4.79 Å². The summed E-state index contributed by atoms with van der Waals surface area (Å²) in [5.74, 6) is 0.400.